The molecule has 0 atom stereocenters. The maximum absolute atomic E-state index is 11.1. The molecule has 0 saturated heterocycles. The van der Waals surface area contributed by atoms with Crippen LogP contribution in [-0.2, 0) is 14.3 Å². The van der Waals surface area contributed by atoms with Crippen LogP contribution in [0, 0.1) is 5.92 Å². The number of carbonyl (C=O) groups is 2. The Bertz CT molecular complexity index is 216. The smallest absolute Gasteiger partial charge is 0.407 e. The Morgan fingerprint density at radius 1 is 1.19 bits per heavy atom. The number of ether oxygens (including phenoxy) is 2. The Kier molecular flexibility index (Phi) is 8.29. The maximum atomic E-state index is 11.1. The first-order chi connectivity index (χ1) is 7.56. The first-order valence-electron chi connectivity index (χ1n) is 5.62. The number of rotatable bonds is 7. The summed E-state index contributed by atoms with van der Waals surface area (Å²) in [5.41, 5.74) is 0. The van der Waals surface area contributed by atoms with Crippen molar-refractivity contribution in [3.8, 4) is 0 Å². The highest BCUT2D eigenvalue weighted by Crippen LogP contribution is 2.04. The molecule has 16 heavy (non-hydrogen) atoms. The van der Waals surface area contributed by atoms with Crippen molar-refractivity contribution in [2.24, 2.45) is 5.92 Å². The highest BCUT2D eigenvalue weighted by Gasteiger charge is 2.05. The Morgan fingerprint density at radius 3 is 2.38 bits per heavy atom. The number of hydrogen-bond acceptors (Lipinski definition) is 4. The normalized spacial score (nSPS) is 10.0. The summed E-state index contributed by atoms with van der Waals surface area (Å²) in [6, 6.07) is 0. The lowest BCUT2D eigenvalue weighted by Gasteiger charge is -2.07. The Balaban J connectivity index is 3.37. The van der Waals surface area contributed by atoms with E-state index >= 15 is 0 Å². The van der Waals surface area contributed by atoms with Crippen LogP contribution in [0.5, 0.6) is 0 Å². The van der Waals surface area contributed by atoms with E-state index in [-0.39, 0.29) is 19.2 Å². The third kappa shape index (κ3) is 9.30. The molecular formula is C11H21NO4. The van der Waals surface area contributed by atoms with Crippen molar-refractivity contribution >= 4 is 12.1 Å². The van der Waals surface area contributed by atoms with Crippen LogP contribution < -0.4 is 5.32 Å². The number of nitrogens with one attached hydrogen (secondary N) is 1. The lowest BCUT2D eigenvalue weighted by molar-refractivity contribution is -0.144. The summed E-state index contributed by atoms with van der Waals surface area (Å²) in [5.74, 6) is 0.243. The van der Waals surface area contributed by atoms with Gasteiger partial charge in [0.1, 0.15) is 13.2 Å². The molecule has 0 rings (SSSR count). The molecule has 0 bridgehead atoms. The summed E-state index contributed by atoms with van der Waals surface area (Å²) in [6.45, 7) is 6.63. The minimum absolute atomic E-state index is 0.0965. The van der Waals surface area contributed by atoms with Gasteiger partial charge in [0.15, 0.2) is 0 Å². The zero-order chi connectivity index (χ0) is 12.4. The van der Waals surface area contributed by atoms with Gasteiger partial charge in [-0.2, -0.15) is 0 Å². The van der Waals surface area contributed by atoms with Gasteiger partial charge in [0.25, 0.3) is 0 Å². The third-order valence-corrected chi connectivity index (χ3v) is 1.83. The SMILES string of the molecule is CCNC(=O)OCCOC(=O)CCC(C)C. The van der Waals surface area contributed by atoms with Gasteiger partial charge in [-0.3, -0.25) is 4.79 Å². The van der Waals surface area contributed by atoms with Gasteiger partial charge in [-0.1, -0.05) is 13.8 Å². The average molecular weight is 231 g/mol. The summed E-state index contributed by atoms with van der Waals surface area (Å²) in [6.07, 6.45) is 0.746. The standard InChI is InChI=1S/C11H21NO4/c1-4-12-11(14)16-8-7-15-10(13)6-5-9(2)3/h9H,4-8H2,1-3H3,(H,12,14). The van der Waals surface area contributed by atoms with Crippen LogP contribution in [0.1, 0.15) is 33.6 Å². The van der Waals surface area contributed by atoms with E-state index in [4.69, 9.17) is 9.47 Å². The molecule has 0 aliphatic carbocycles. The Morgan fingerprint density at radius 2 is 1.81 bits per heavy atom. The van der Waals surface area contributed by atoms with Gasteiger partial charge in [-0.15, -0.1) is 0 Å². The van der Waals surface area contributed by atoms with Crippen molar-refractivity contribution in [3.05, 3.63) is 0 Å². The van der Waals surface area contributed by atoms with Crippen LogP contribution >= 0.6 is 0 Å². The van der Waals surface area contributed by atoms with E-state index in [0.717, 1.165) is 6.42 Å². The topological polar surface area (TPSA) is 64.6 Å². The van der Waals surface area contributed by atoms with Crippen LogP contribution in [0.4, 0.5) is 4.79 Å². The first-order valence-corrected chi connectivity index (χ1v) is 5.62. The van der Waals surface area contributed by atoms with Crippen molar-refractivity contribution < 1.29 is 19.1 Å². The fraction of sp³-hybridized carbons (Fsp3) is 0.818. The molecule has 5 heteroatoms. The molecule has 0 heterocycles. The lowest BCUT2D eigenvalue weighted by atomic mass is 10.1. The van der Waals surface area contributed by atoms with E-state index < -0.39 is 6.09 Å². The molecule has 0 spiro atoms. The molecule has 0 aromatic rings. The fourth-order valence-electron chi connectivity index (χ4n) is 0.964. The van der Waals surface area contributed by atoms with Crippen LogP contribution in [0.3, 0.4) is 0 Å². The van der Waals surface area contributed by atoms with Crippen molar-refractivity contribution in [2.75, 3.05) is 19.8 Å². The van der Waals surface area contributed by atoms with Crippen LogP contribution in [0.2, 0.25) is 0 Å². The highest BCUT2D eigenvalue weighted by molar-refractivity contribution is 5.69. The lowest BCUT2D eigenvalue weighted by Crippen LogP contribution is -2.25. The third-order valence-electron chi connectivity index (χ3n) is 1.83. The number of carbonyl (C=O) groups excluding carboxylic acids is 2. The van der Waals surface area contributed by atoms with Crippen LogP contribution in [-0.4, -0.2) is 31.8 Å². The summed E-state index contributed by atoms with van der Waals surface area (Å²) in [4.78, 5) is 22.0. The molecule has 94 valence electrons. The summed E-state index contributed by atoms with van der Waals surface area (Å²) < 4.78 is 9.61. The second-order valence-corrected chi connectivity index (χ2v) is 3.82. The van der Waals surface area contributed by atoms with E-state index in [1.807, 2.05) is 13.8 Å². The first kappa shape index (κ1) is 14.7. The Labute approximate surface area is 96.5 Å². The second-order valence-electron chi connectivity index (χ2n) is 3.82. The van der Waals surface area contributed by atoms with Gasteiger partial charge in [0.05, 0.1) is 0 Å². The van der Waals surface area contributed by atoms with E-state index in [9.17, 15) is 9.59 Å². The predicted molar refractivity (Wildman–Crippen MR) is 60.1 cm³/mol. The number of amides is 1. The van der Waals surface area contributed by atoms with Crippen LogP contribution in [0.25, 0.3) is 0 Å². The molecule has 0 unspecified atom stereocenters. The summed E-state index contributed by atoms with van der Waals surface area (Å²) in [7, 11) is 0. The number of hydrogen-bond donors (Lipinski definition) is 1. The number of alkyl carbamates (subject to hydrolysis) is 1. The molecule has 0 aliphatic heterocycles. The molecule has 5 nitrogen and oxygen atoms in total. The van der Waals surface area contributed by atoms with Gasteiger partial charge in [0, 0.05) is 13.0 Å². The summed E-state index contributed by atoms with van der Waals surface area (Å²) >= 11 is 0. The average Bonchev–Trinajstić information content (AvgIpc) is 2.22. The van der Waals surface area contributed by atoms with Crippen LogP contribution in [0.15, 0.2) is 0 Å². The molecule has 1 amide bonds. The molecule has 0 saturated carbocycles. The van der Waals surface area contributed by atoms with E-state index in [0.29, 0.717) is 18.9 Å². The van der Waals surface area contributed by atoms with Crippen molar-refractivity contribution in [1.29, 1.82) is 0 Å². The van der Waals surface area contributed by atoms with Gasteiger partial charge in [0.2, 0.25) is 0 Å². The van der Waals surface area contributed by atoms with Gasteiger partial charge < -0.3 is 14.8 Å². The highest BCUT2D eigenvalue weighted by atomic mass is 16.6. The largest absolute Gasteiger partial charge is 0.462 e. The van der Waals surface area contributed by atoms with Crippen molar-refractivity contribution in [2.45, 2.75) is 33.6 Å². The molecule has 0 radical (unpaired) electrons. The molecular weight excluding hydrogens is 210 g/mol. The molecule has 0 aromatic carbocycles. The molecule has 0 aromatic heterocycles. The minimum Gasteiger partial charge on any atom is -0.462 e. The van der Waals surface area contributed by atoms with Crippen molar-refractivity contribution in [1.82, 2.24) is 5.32 Å². The molecule has 0 aliphatic rings. The number of esters is 1. The monoisotopic (exact) mass is 231 g/mol. The molecule has 1 N–H and O–H groups in total. The fourth-order valence-corrected chi connectivity index (χ4v) is 0.964. The van der Waals surface area contributed by atoms with E-state index in [1.54, 1.807) is 6.92 Å². The minimum atomic E-state index is -0.485. The molecule has 0 fully saturated rings. The van der Waals surface area contributed by atoms with Gasteiger partial charge in [-0.25, -0.2) is 4.79 Å². The van der Waals surface area contributed by atoms with Crippen molar-refractivity contribution in [3.63, 3.8) is 0 Å². The van der Waals surface area contributed by atoms with Gasteiger partial charge in [-0.05, 0) is 19.3 Å². The zero-order valence-electron chi connectivity index (χ0n) is 10.2. The quantitative estimate of drug-likeness (QED) is 0.535. The van der Waals surface area contributed by atoms with E-state index in [2.05, 4.69) is 5.32 Å². The zero-order valence-corrected chi connectivity index (χ0v) is 10.2. The van der Waals surface area contributed by atoms with E-state index in [1.165, 1.54) is 0 Å². The van der Waals surface area contributed by atoms with Gasteiger partial charge >= 0.3 is 12.1 Å². The summed E-state index contributed by atoms with van der Waals surface area (Å²) in [5, 5.41) is 2.47. The second kappa shape index (κ2) is 9.00. The predicted octanol–water partition coefficient (Wildman–Crippen LogP) is 1.71. The Hall–Kier alpha value is -1.26. The maximum Gasteiger partial charge on any atom is 0.407 e.